The van der Waals surface area contributed by atoms with Gasteiger partial charge in [0.25, 0.3) is 0 Å². The van der Waals surface area contributed by atoms with Crippen LogP contribution >= 0.6 is 7.60 Å². The highest BCUT2D eigenvalue weighted by molar-refractivity contribution is 7.52. The van der Waals surface area contributed by atoms with Gasteiger partial charge in [-0.25, -0.2) is 9.59 Å². The first-order valence-electron chi connectivity index (χ1n) is 11.8. The number of ether oxygens (including phenoxy) is 1. The second-order valence-corrected chi connectivity index (χ2v) is 10.9. The molecule has 37 heavy (non-hydrogen) atoms. The molecule has 0 aliphatic carbocycles. The molecule has 12 heteroatoms. The van der Waals surface area contributed by atoms with Crippen LogP contribution in [0.3, 0.4) is 0 Å². The maximum atomic E-state index is 13.3. The fourth-order valence-electron chi connectivity index (χ4n) is 3.80. The number of aryl methyl sites for hydroxylation is 1. The van der Waals surface area contributed by atoms with Crippen LogP contribution in [0.1, 0.15) is 37.8 Å². The van der Waals surface area contributed by atoms with Crippen LogP contribution in [0.25, 0.3) is 0 Å². The van der Waals surface area contributed by atoms with Crippen LogP contribution in [0, 0.1) is 5.92 Å². The summed E-state index contributed by atoms with van der Waals surface area (Å²) in [5.74, 6) is -3.20. The van der Waals surface area contributed by atoms with Crippen molar-refractivity contribution in [3.63, 3.8) is 0 Å². The molecule has 0 saturated carbocycles. The van der Waals surface area contributed by atoms with Crippen molar-refractivity contribution in [3.05, 3.63) is 65.7 Å². The largest absolute Gasteiger partial charge is 0.508 e. The summed E-state index contributed by atoms with van der Waals surface area (Å²) >= 11 is 0. The number of carbonyl (C=O) groups is 3. The van der Waals surface area contributed by atoms with Crippen LogP contribution in [-0.4, -0.2) is 50.7 Å². The molecule has 0 radical (unpaired) electrons. The molecule has 202 valence electrons. The number of para-hydroxylation sites is 1. The number of primary amides is 1. The van der Waals surface area contributed by atoms with Gasteiger partial charge in [-0.2, -0.15) is 0 Å². The number of nitrogens with one attached hydrogen (secondary N) is 2. The molecule has 1 unspecified atom stereocenters. The molecule has 0 heterocycles. The van der Waals surface area contributed by atoms with Crippen LogP contribution < -0.4 is 16.4 Å². The van der Waals surface area contributed by atoms with Gasteiger partial charge in [-0.3, -0.25) is 14.7 Å². The fourth-order valence-corrected chi connectivity index (χ4v) is 4.64. The molecule has 0 aromatic heterocycles. The van der Waals surface area contributed by atoms with Gasteiger partial charge in [0.15, 0.2) is 0 Å². The molecule has 11 nitrogen and oxygen atoms in total. The van der Waals surface area contributed by atoms with Crippen molar-refractivity contribution in [1.29, 1.82) is 0 Å². The van der Waals surface area contributed by atoms with Crippen LogP contribution in [0.4, 0.5) is 4.79 Å². The average Bonchev–Trinajstić information content (AvgIpc) is 2.80. The van der Waals surface area contributed by atoms with Gasteiger partial charge in [0.1, 0.15) is 17.6 Å². The van der Waals surface area contributed by atoms with Gasteiger partial charge in [-0.1, -0.05) is 62.4 Å². The molecule has 0 aliphatic heterocycles. The topological polar surface area (TPSA) is 188 Å². The smallest absolute Gasteiger partial charge is 0.412 e. The number of hydrogen-bond donors (Lipinski definition) is 6. The number of phenols is 1. The minimum absolute atomic E-state index is 0.000141. The first kappa shape index (κ1) is 30.0. The number of esters is 1. The fraction of sp³-hybridized carbons (Fsp3) is 0.400. The number of benzene rings is 2. The minimum atomic E-state index is -4.72. The van der Waals surface area contributed by atoms with Gasteiger partial charge in [-0.05, 0) is 42.4 Å². The van der Waals surface area contributed by atoms with Crippen LogP contribution in [-0.2, 0) is 31.7 Å². The Kier molecular flexibility index (Phi) is 11.3. The summed E-state index contributed by atoms with van der Waals surface area (Å²) in [5.41, 5.74) is 6.16. The number of aromatic hydroxyl groups is 1. The summed E-state index contributed by atoms with van der Waals surface area (Å²) in [7, 11) is -4.72. The third-order valence-corrected chi connectivity index (χ3v) is 6.81. The zero-order valence-corrected chi connectivity index (χ0v) is 21.6. The summed E-state index contributed by atoms with van der Waals surface area (Å²) < 4.78 is 16.8. The van der Waals surface area contributed by atoms with Gasteiger partial charge in [0, 0.05) is 6.42 Å². The van der Waals surface area contributed by atoms with E-state index in [1.54, 1.807) is 48.5 Å². The van der Waals surface area contributed by atoms with Crippen molar-refractivity contribution in [2.75, 3.05) is 0 Å². The highest BCUT2D eigenvalue weighted by Crippen LogP contribution is 2.42. The number of rotatable bonds is 13. The third kappa shape index (κ3) is 10.3. The summed E-state index contributed by atoms with van der Waals surface area (Å²) in [5, 5.41) is 15.3. The molecule has 2 aromatic rings. The molecule has 3 atom stereocenters. The Labute approximate surface area is 215 Å². The zero-order valence-electron chi connectivity index (χ0n) is 20.7. The lowest BCUT2D eigenvalue weighted by Crippen LogP contribution is -2.54. The van der Waals surface area contributed by atoms with E-state index in [1.807, 2.05) is 13.8 Å². The normalized spacial score (nSPS) is 14.0. The Morgan fingerprint density at radius 3 is 2.19 bits per heavy atom. The standard InChI is InChI=1S/C25H34N3O8P/c1-16(2)14-19(27-22(37(33,34)35)13-12-18-10-6-7-11-21(18)29)23(30)28-20(24(31)36-25(26)32)15-17-8-4-3-5-9-17/h3-11,16,19-20,22,27,29H,12-15H2,1-2H3,(H2,26,32)(H,28,30)(H2,33,34,35)/t19-,20-,22?/m0/s1. The lowest BCUT2D eigenvalue weighted by atomic mass is 10.0. The van der Waals surface area contributed by atoms with E-state index >= 15 is 0 Å². The molecule has 2 aromatic carbocycles. The molecule has 0 aliphatic rings. The quantitative estimate of drug-likeness (QED) is 0.127. The Balaban J connectivity index is 2.23. The van der Waals surface area contributed by atoms with Crippen molar-refractivity contribution in [3.8, 4) is 5.75 Å². The summed E-state index contributed by atoms with van der Waals surface area (Å²) in [4.78, 5) is 56.9. The molecule has 0 spiro atoms. The third-order valence-electron chi connectivity index (χ3n) is 5.59. The van der Waals surface area contributed by atoms with Crippen molar-refractivity contribution >= 4 is 25.6 Å². The Hall–Kier alpha value is -3.24. The number of amides is 2. The van der Waals surface area contributed by atoms with E-state index in [2.05, 4.69) is 15.4 Å². The second kappa shape index (κ2) is 13.9. The Morgan fingerprint density at radius 1 is 1.00 bits per heavy atom. The predicted molar refractivity (Wildman–Crippen MR) is 136 cm³/mol. The van der Waals surface area contributed by atoms with Crippen LogP contribution in [0.15, 0.2) is 54.6 Å². The first-order chi connectivity index (χ1) is 17.4. The van der Waals surface area contributed by atoms with E-state index < -0.39 is 43.4 Å². The predicted octanol–water partition coefficient (Wildman–Crippen LogP) is 2.18. The molecular formula is C25H34N3O8P. The first-order valence-corrected chi connectivity index (χ1v) is 13.5. The lowest BCUT2D eigenvalue weighted by Gasteiger charge is -2.28. The SMILES string of the molecule is CC(C)C[C@H](NC(CCc1ccccc1O)P(=O)(O)O)C(=O)N[C@@H](Cc1ccccc1)C(=O)OC(N)=O. The molecule has 0 saturated heterocycles. The second-order valence-electron chi connectivity index (χ2n) is 9.11. The monoisotopic (exact) mass is 535 g/mol. The highest BCUT2D eigenvalue weighted by atomic mass is 31.2. The molecule has 2 amide bonds. The van der Waals surface area contributed by atoms with Crippen molar-refractivity contribution in [2.45, 2.75) is 57.4 Å². The summed E-state index contributed by atoms with van der Waals surface area (Å²) in [6.45, 7) is 3.67. The average molecular weight is 536 g/mol. The van der Waals surface area contributed by atoms with E-state index in [0.717, 1.165) is 0 Å². The molecule has 7 N–H and O–H groups in total. The molecule has 2 rings (SSSR count). The van der Waals surface area contributed by atoms with E-state index in [-0.39, 0.29) is 37.4 Å². The summed E-state index contributed by atoms with van der Waals surface area (Å²) in [6, 6.07) is 12.8. The van der Waals surface area contributed by atoms with E-state index in [4.69, 9.17) is 5.73 Å². The number of phenolic OH excluding ortho intramolecular Hbond substituents is 1. The van der Waals surface area contributed by atoms with Crippen LogP contribution in [0.5, 0.6) is 5.75 Å². The van der Waals surface area contributed by atoms with E-state index in [9.17, 15) is 33.8 Å². The van der Waals surface area contributed by atoms with E-state index in [0.29, 0.717) is 11.1 Å². The van der Waals surface area contributed by atoms with Gasteiger partial charge < -0.3 is 30.7 Å². The van der Waals surface area contributed by atoms with Crippen LogP contribution in [0.2, 0.25) is 0 Å². The van der Waals surface area contributed by atoms with Crippen molar-refractivity contribution < 1.29 is 38.6 Å². The van der Waals surface area contributed by atoms with Gasteiger partial charge >= 0.3 is 19.7 Å². The Morgan fingerprint density at radius 2 is 1.62 bits per heavy atom. The highest BCUT2D eigenvalue weighted by Gasteiger charge is 2.35. The van der Waals surface area contributed by atoms with Crippen molar-refractivity contribution in [1.82, 2.24) is 10.6 Å². The van der Waals surface area contributed by atoms with Gasteiger partial charge in [0.05, 0.1) is 6.04 Å². The number of nitrogens with two attached hydrogens (primary N) is 1. The maximum Gasteiger partial charge on any atom is 0.412 e. The van der Waals surface area contributed by atoms with Gasteiger partial charge in [-0.15, -0.1) is 0 Å². The van der Waals surface area contributed by atoms with E-state index in [1.165, 1.54) is 6.07 Å². The molecule has 0 bridgehead atoms. The molecule has 0 fully saturated rings. The van der Waals surface area contributed by atoms with Gasteiger partial charge in [0.2, 0.25) is 5.91 Å². The number of hydrogen-bond acceptors (Lipinski definition) is 7. The lowest BCUT2D eigenvalue weighted by molar-refractivity contribution is -0.142. The zero-order chi connectivity index (χ0) is 27.6. The molecular weight excluding hydrogens is 501 g/mol. The van der Waals surface area contributed by atoms with Crippen molar-refractivity contribution in [2.24, 2.45) is 11.7 Å². The maximum absolute atomic E-state index is 13.3. The number of carbonyl (C=O) groups excluding carboxylic acids is 3. The minimum Gasteiger partial charge on any atom is -0.508 e. The summed E-state index contributed by atoms with van der Waals surface area (Å²) in [6.07, 6.45) is -1.04. The Bertz CT molecular complexity index is 1110.